The average Bonchev–Trinajstić information content (AvgIpc) is 2.67. The van der Waals surface area contributed by atoms with Crippen LogP contribution >= 0.6 is 0 Å². The second-order valence-electron chi connectivity index (χ2n) is 11.5. The molecule has 6 atom stereocenters. The predicted molar refractivity (Wildman–Crippen MR) is 127 cm³/mol. The molecule has 174 valence electrons. The zero-order valence-corrected chi connectivity index (χ0v) is 20.4. The van der Waals surface area contributed by atoms with Gasteiger partial charge in [0, 0.05) is 24.0 Å². The molecule has 0 radical (unpaired) electrons. The van der Waals surface area contributed by atoms with Gasteiger partial charge in [-0.1, -0.05) is 51.0 Å². The Morgan fingerprint density at radius 2 is 1.97 bits per heavy atom. The van der Waals surface area contributed by atoms with Crippen molar-refractivity contribution in [2.45, 2.75) is 117 Å². The van der Waals surface area contributed by atoms with Crippen LogP contribution in [0.25, 0.3) is 0 Å². The van der Waals surface area contributed by atoms with E-state index in [4.69, 9.17) is 0 Å². The van der Waals surface area contributed by atoms with Crippen molar-refractivity contribution in [1.29, 1.82) is 0 Å². The standard InChI is InChI=1S/C28H44O3/c1-19(9-7-15-27(3,4)31)24-11-6-12-25-21(10-8-16-28(24,25)5)13-14-22-17-23(29)18-26(30)20(22)2/h10,19,23-26,29-31H,6-9,11-12,15-18H2,1-5H3/t19-,23-,24-,25+,26+,28-/m1/s1. The number of aliphatic hydroxyl groups is 3. The molecule has 0 unspecified atom stereocenters. The Morgan fingerprint density at radius 3 is 2.68 bits per heavy atom. The maximum Gasteiger partial charge on any atom is 0.0784 e. The Morgan fingerprint density at radius 1 is 1.23 bits per heavy atom. The molecule has 3 N–H and O–H groups in total. The summed E-state index contributed by atoms with van der Waals surface area (Å²) in [5, 5.41) is 30.3. The third-order valence-electron chi connectivity index (χ3n) is 8.48. The van der Waals surface area contributed by atoms with Gasteiger partial charge in [0.1, 0.15) is 0 Å². The van der Waals surface area contributed by atoms with Crippen LogP contribution in [0.1, 0.15) is 98.8 Å². The topological polar surface area (TPSA) is 60.7 Å². The number of fused-ring (bicyclic) bond motifs is 1. The fraction of sp³-hybridized carbons (Fsp3) is 0.786. The Labute approximate surface area is 190 Å². The molecule has 0 amide bonds. The minimum absolute atomic E-state index is 0.292. The summed E-state index contributed by atoms with van der Waals surface area (Å²) in [6.45, 7) is 10.7. The summed E-state index contributed by atoms with van der Waals surface area (Å²) < 4.78 is 0. The summed E-state index contributed by atoms with van der Waals surface area (Å²) in [6, 6.07) is 0. The van der Waals surface area contributed by atoms with Crippen LogP contribution in [0.5, 0.6) is 0 Å². The number of hydrogen-bond donors (Lipinski definition) is 3. The molecule has 0 aromatic heterocycles. The molecular weight excluding hydrogens is 384 g/mol. The predicted octanol–water partition coefficient (Wildman–Crippen LogP) is 5.54. The zero-order chi connectivity index (χ0) is 22.8. The highest BCUT2D eigenvalue weighted by atomic mass is 16.3. The largest absolute Gasteiger partial charge is 0.393 e. The smallest absolute Gasteiger partial charge is 0.0784 e. The molecule has 0 saturated heterocycles. The minimum atomic E-state index is -0.567. The highest BCUT2D eigenvalue weighted by Gasteiger charge is 2.47. The summed E-state index contributed by atoms with van der Waals surface area (Å²) in [6.07, 6.45) is 11.5. The first-order valence-corrected chi connectivity index (χ1v) is 12.5. The van der Waals surface area contributed by atoms with Crippen LogP contribution in [0.15, 0.2) is 22.8 Å². The highest BCUT2D eigenvalue weighted by Crippen LogP contribution is 2.56. The van der Waals surface area contributed by atoms with Gasteiger partial charge < -0.3 is 15.3 Å². The lowest BCUT2D eigenvalue weighted by Crippen LogP contribution is -2.44. The molecule has 1 fully saturated rings. The van der Waals surface area contributed by atoms with Crippen LogP contribution in [-0.4, -0.2) is 33.1 Å². The molecule has 3 aliphatic rings. The van der Waals surface area contributed by atoms with Gasteiger partial charge in [-0.25, -0.2) is 0 Å². The zero-order valence-electron chi connectivity index (χ0n) is 20.4. The van der Waals surface area contributed by atoms with E-state index in [-0.39, 0.29) is 0 Å². The van der Waals surface area contributed by atoms with Crippen molar-refractivity contribution in [3.05, 3.63) is 22.8 Å². The summed E-state index contributed by atoms with van der Waals surface area (Å²) in [4.78, 5) is 0. The van der Waals surface area contributed by atoms with Crippen molar-refractivity contribution in [1.82, 2.24) is 0 Å². The van der Waals surface area contributed by atoms with E-state index in [1.165, 1.54) is 37.7 Å². The van der Waals surface area contributed by atoms with E-state index in [2.05, 4.69) is 31.8 Å². The fourth-order valence-electron chi connectivity index (χ4n) is 6.55. The number of rotatable bonds is 5. The number of allylic oxidation sites excluding steroid dienone is 2. The van der Waals surface area contributed by atoms with Gasteiger partial charge in [0.05, 0.1) is 17.8 Å². The van der Waals surface area contributed by atoms with Crippen molar-refractivity contribution in [3.8, 4) is 11.8 Å². The Balaban J connectivity index is 1.75. The van der Waals surface area contributed by atoms with Crippen molar-refractivity contribution < 1.29 is 15.3 Å². The molecule has 0 aliphatic heterocycles. The fourth-order valence-corrected chi connectivity index (χ4v) is 6.55. The molecule has 0 aromatic rings. The monoisotopic (exact) mass is 428 g/mol. The first-order chi connectivity index (χ1) is 14.5. The number of aliphatic hydroxyl groups excluding tert-OH is 2. The summed E-state index contributed by atoms with van der Waals surface area (Å²) in [7, 11) is 0. The Kier molecular flexibility index (Phi) is 7.78. The molecule has 1 saturated carbocycles. The van der Waals surface area contributed by atoms with Crippen LogP contribution < -0.4 is 0 Å². The van der Waals surface area contributed by atoms with Crippen molar-refractivity contribution in [2.75, 3.05) is 0 Å². The van der Waals surface area contributed by atoms with Gasteiger partial charge in [0.2, 0.25) is 0 Å². The van der Waals surface area contributed by atoms with Crippen LogP contribution in [0, 0.1) is 35.0 Å². The third-order valence-corrected chi connectivity index (χ3v) is 8.48. The lowest BCUT2D eigenvalue weighted by molar-refractivity contribution is 0.00790. The minimum Gasteiger partial charge on any atom is -0.393 e. The molecule has 0 bridgehead atoms. The van der Waals surface area contributed by atoms with Gasteiger partial charge in [-0.3, -0.25) is 0 Å². The summed E-state index contributed by atoms with van der Waals surface area (Å²) >= 11 is 0. The van der Waals surface area contributed by atoms with E-state index in [0.717, 1.165) is 30.4 Å². The summed E-state index contributed by atoms with van der Waals surface area (Å²) in [5.74, 6) is 8.75. The van der Waals surface area contributed by atoms with Gasteiger partial charge in [0.25, 0.3) is 0 Å². The quantitative estimate of drug-likeness (QED) is 0.504. The SMILES string of the molecule is CC1=C(C#CC2=CCC[C@]3(C)[C@@H]([C@H](C)CCCC(C)(C)O)CCC[C@@H]23)C[C@@H](O)C[C@@H]1O. The molecule has 0 heterocycles. The number of hydrogen-bond acceptors (Lipinski definition) is 3. The first-order valence-electron chi connectivity index (χ1n) is 12.5. The molecule has 3 rings (SSSR count). The van der Waals surface area contributed by atoms with Crippen LogP contribution in [0.4, 0.5) is 0 Å². The van der Waals surface area contributed by atoms with Crippen molar-refractivity contribution in [3.63, 3.8) is 0 Å². The molecule has 0 aromatic carbocycles. The van der Waals surface area contributed by atoms with Crippen molar-refractivity contribution >= 4 is 0 Å². The van der Waals surface area contributed by atoms with E-state index in [1.807, 2.05) is 20.8 Å². The molecule has 3 aliphatic carbocycles. The molecule has 3 nitrogen and oxygen atoms in total. The van der Waals surface area contributed by atoms with E-state index in [9.17, 15) is 15.3 Å². The van der Waals surface area contributed by atoms with Gasteiger partial charge in [-0.05, 0) is 81.6 Å². The first kappa shape index (κ1) is 24.6. The molecule has 31 heavy (non-hydrogen) atoms. The van der Waals surface area contributed by atoms with Gasteiger partial charge in [-0.2, -0.15) is 0 Å². The lowest BCUT2D eigenvalue weighted by atomic mass is 9.52. The second-order valence-corrected chi connectivity index (χ2v) is 11.5. The third kappa shape index (κ3) is 5.84. The molecule has 3 heteroatoms. The van der Waals surface area contributed by atoms with Crippen LogP contribution in [0.2, 0.25) is 0 Å². The second kappa shape index (κ2) is 9.82. The molecule has 0 spiro atoms. The van der Waals surface area contributed by atoms with E-state index in [0.29, 0.717) is 36.0 Å². The maximum atomic E-state index is 10.2. The Hall–Kier alpha value is -1.08. The van der Waals surface area contributed by atoms with Gasteiger partial charge in [-0.15, -0.1) is 0 Å². The highest BCUT2D eigenvalue weighted by molar-refractivity contribution is 5.44. The van der Waals surface area contributed by atoms with Crippen LogP contribution in [0.3, 0.4) is 0 Å². The van der Waals surface area contributed by atoms with Gasteiger partial charge >= 0.3 is 0 Å². The Bertz CT molecular complexity index is 759. The maximum absolute atomic E-state index is 10.2. The van der Waals surface area contributed by atoms with Crippen molar-refractivity contribution in [2.24, 2.45) is 23.2 Å². The normalized spacial score (nSPS) is 35.0. The van der Waals surface area contributed by atoms with Gasteiger partial charge in [0.15, 0.2) is 0 Å². The van der Waals surface area contributed by atoms with Crippen LogP contribution in [-0.2, 0) is 0 Å². The average molecular weight is 429 g/mol. The van der Waals surface area contributed by atoms with E-state index >= 15 is 0 Å². The molecular formula is C28H44O3. The summed E-state index contributed by atoms with van der Waals surface area (Å²) in [5.41, 5.74) is 2.87. The van der Waals surface area contributed by atoms with E-state index in [1.54, 1.807) is 0 Å². The lowest BCUT2D eigenvalue weighted by Gasteiger charge is -2.52. The van der Waals surface area contributed by atoms with E-state index < -0.39 is 17.8 Å².